The quantitative estimate of drug-likeness (QED) is 0.404. The Labute approximate surface area is 185 Å². The fourth-order valence-corrected chi connectivity index (χ4v) is 5.06. The van der Waals surface area contributed by atoms with E-state index < -0.39 is 0 Å². The lowest BCUT2D eigenvalue weighted by Gasteiger charge is -2.20. The van der Waals surface area contributed by atoms with Crippen molar-refractivity contribution in [2.75, 3.05) is 19.0 Å². The van der Waals surface area contributed by atoms with E-state index in [4.69, 9.17) is 9.47 Å². The number of carbonyl (C=O) groups is 1. The fourth-order valence-electron chi connectivity index (χ4n) is 4.17. The van der Waals surface area contributed by atoms with E-state index in [2.05, 4.69) is 26.3 Å². The number of Topliss-reactive ketones (excluding diaryl/α,β-unsaturated/α-hetero) is 1. The van der Waals surface area contributed by atoms with Gasteiger partial charge >= 0.3 is 0 Å². The zero-order valence-corrected chi connectivity index (χ0v) is 18.9. The number of ketones is 1. The van der Waals surface area contributed by atoms with Crippen LogP contribution in [0.5, 0.6) is 11.5 Å². The molecule has 0 atom stereocenters. The molecule has 1 aromatic carbocycles. The van der Waals surface area contributed by atoms with Gasteiger partial charge in [-0.2, -0.15) is 0 Å². The van der Waals surface area contributed by atoms with Crippen molar-refractivity contribution in [1.82, 2.24) is 19.3 Å². The summed E-state index contributed by atoms with van der Waals surface area (Å²) < 4.78 is 15.6. The lowest BCUT2D eigenvalue weighted by Crippen LogP contribution is -2.15. The van der Waals surface area contributed by atoms with Gasteiger partial charge in [0.15, 0.2) is 22.4 Å². The predicted octanol–water partition coefficient (Wildman–Crippen LogP) is 4.33. The van der Waals surface area contributed by atoms with Crippen molar-refractivity contribution in [3.63, 3.8) is 0 Å². The van der Waals surface area contributed by atoms with E-state index in [1.165, 1.54) is 24.6 Å². The maximum atomic E-state index is 13.1. The summed E-state index contributed by atoms with van der Waals surface area (Å²) in [4.78, 5) is 13.1. The largest absolute Gasteiger partial charge is 0.486 e. The highest BCUT2D eigenvalue weighted by Crippen LogP contribution is 2.40. The van der Waals surface area contributed by atoms with Crippen molar-refractivity contribution in [3.8, 4) is 17.2 Å². The van der Waals surface area contributed by atoms with Crippen LogP contribution in [0.15, 0.2) is 29.4 Å². The Balaban J connectivity index is 1.36. The molecule has 0 N–H and O–H groups in total. The van der Waals surface area contributed by atoms with Crippen LogP contribution in [0.25, 0.3) is 5.69 Å². The van der Waals surface area contributed by atoms with Gasteiger partial charge in [-0.1, -0.05) is 11.8 Å². The Kier molecular flexibility index (Phi) is 5.25. The molecule has 2 aromatic heterocycles. The van der Waals surface area contributed by atoms with Gasteiger partial charge in [-0.3, -0.25) is 4.79 Å². The van der Waals surface area contributed by atoms with Crippen LogP contribution in [-0.4, -0.2) is 44.1 Å². The van der Waals surface area contributed by atoms with Gasteiger partial charge in [0.25, 0.3) is 0 Å². The van der Waals surface area contributed by atoms with Gasteiger partial charge in [-0.05, 0) is 51.8 Å². The Bertz CT molecular complexity index is 1150. The molecular formula is C23H26N4O3S. The first-order valence-corrected chi connectivity index (χ1v) is 11.7. The molecule has 1 fully saturated rings. The van der Waals surface area contributed by atoms with Crippen LogP contribution >= 0.6 is 11.8 Å². The third kappa shape index (κ3) is 3.73. The molecule has 7 nitrogen and oxygen atoms in total. The average Bonchev–Trinajstić information content (AvgIpc) is 3.47. The van der Waals surface area contributed by atoms with Gasteiger partial charge < -0.3 is 18.6 Å². The van der Waals surface area contributed by atoms with E-state index >= 15 is 0 Å². The predicted molar refractivity (Wildman–Crippen MR) is 119 cm³/mol. The second kappa shape index (κ2) is 8.07. The van der Waals surface area contributed by atoms with E-state index in [1.54, 1.807) is 0 Å². The molecule has 0 unspecified atom stereocenters. The number of rotatable bonds is 7. The number of hydrogen-bond acceptors (Lipinski definition) is 6. The monoisotopic (exact) mass is 438 g/mol. The number of thioether (sulfide) groups is 1. The second-order valence-corrected chi connectivity index (χ2v) is 8.96. The van der Waals surface area contributed by atoms with Gasteiger partial charge in [-0.15, -0.1) is 10.2 Å². The molecule has 0 amide bonds. The van der Waals surface area contributed by atoms with E-state index in [0.717, 1.165) is 51.7 Å². The highest BCUT2D eigenvalue weighted by molar-refractivity contribution is 7.99. The third-order valence-electron chi connectivity index (χ3n) is 5.85. The topological polar surface area (TPSA) is 71.2 Å². The SMILES string of the molecule is CCn1c(SCC(=O)c2cc(C)n(-c3ccc4c(c3)OCCO4)c2C)nnc1C1CC1. The van der Waals surface area contributed by atoms with Crippen molar-refractivity contribution in [3.05, 3.63) is 47.0 Å². The molecule has 1 aliphatic carbocycles. The summed E-state index contributed by atoms with van der Waals surface area (Å²) in [5, 5.41) is 9.54. The lowest BCUT2D eigenvalue weighted by molar-refractivity contribution is 0.102. The normalized spacial score (nSPS) is 15.3. The Morgan fingerprint density at radius 3 is 2.65 bits per heavy atom. The van der Waals surface area contributed by atoms with Crippen LogP contribution in [-0.2, 0) is 6.54 Å². The lowest BCUT2D eigenvalue weighted by atomic mass is 10.2. The van der Waals surface area contributed by atoms with E-state index in [1.807, 2.05) is 38.1 Å². The molecule has 5 rings (SSSR count). The summed E-state index contributed by atoms with van der Waals surface area (Å²) in [6.07, 6.45) is 2.38. The summed E-state index contributed by atoms with van der Waals surface area (Å²) in [6, 6.07) is 7.87. The smallest absolute Gasteiger partial charge is 0.191 e. The summed E-state index contributed by atoms with van der Waals surface area (Å²) >= 11 is 1.47. The highest BCUT2D eigenvalue weighted by Gasteiger charge is 2.30. The van der Waals surface area contributed by atoms with Crippen LogP contribution in [0.3, 0.4) is 0 Å². The van der Waals surface area contributed by atoms with E-state index in [-0.39, 0.29) is 5.78 Å². The number of aryl methyl sites for hydroxylation is 1. The summed E-state index contributed by atoms with van der Waals surface area (Å²) in [5.41, 5.74) is 3.64. The number of carbonyl (C=O) groups excluding carboxylic acids is 1. The number of fused-ring (bicyclic) bond motifs is 1. The first-order valence-electron chi connectivity index (χ1n) is 10.7. The summed E-state index contributed by atoms with van der Waals surface area (Å²) in [6.45, 7) is 8.05. The molecule has 0 bridgehead atoms. The van der Waals surface area contributed by atoms with Gasteiger partial charge in [0.05, 0.1) is 5.75 Å². The molecule has 3 aromatic rings. The van der Waals surface area contributed by atoms with Gasteiger partial charge in [0, 0.05) is 41.2 Å². The van der Waals surface area contributed by atoms with E-state index in [9.17, 15) is 4.79 Å². The molecule has 1 saturated carbocycles. The Hall–Kier alpha value is -2.74. The van der Waals surface area contributed by atoms with Gasteiger partial charge in [0.1, 0.15) is 19.0 Å². The first kappa shape index (κ1) is 20.2. The summed E-state index contributed by atoms with van der Waals surface area (Å²) in [5.74, 6) is 3.55. The number of hydrogen-bond donors (Lipinski definition) is 0. The minimum atomic E-state index is 0.0977. The molecule has 0 saturated heterocycles. The Morgan fingerprint density at radius 2 is 1.90 bits per heavy atom. The van der Waals surface area contributed by atoms with Crippen molar-refractivity contribution in [2.45, 2.75) is 51.2 Å². The molecule has 1 aliphatic heterocycles. The Morgan fingerprint density at radius 1 is 1.13 bits per heavy atom. The van der Waals surface area contributed by atoms with Crippen LogP contribution in [0.1, 0.15) is 53.3 Å². The molecule has 31 heavy (non-hydrogen) atoms. The average molecular weight is 439 g/mol. The van der Waals surface area contributed by atoms with E-state index in [0.29, 0.717) is 24.9 Å². The second-order valence-electron chi connectivity index (χ2n) is 8.02. The maximum Gasteiger partial charge on any atom is 0.191 e. The van der Waals surface area contributed by atoms with Gasteiger partial charge in [0.2, 0.25) is 0 Å². The summed E-state index contributed by atoms with van der Waals surface area (Å²) in [7, 11) is 0. The standard InChI is InChI=1S/C23H26N4O3S/c1-4-26-22(16-5-6-16)24-25-23(26)31-13-19(28)18-11-14(2)27(15(18)3)17-7-8-20-21(12-17)30-10-9-29-20/h7-8,11-12,16H,4-6,9-10,13H2,1-3H3. The maximum absolute atomic E-state index is 13.1. The number of aromatic nitrogens is 4. The van der Waals surface area contributed by atoms with Crippen LogP contribution in [0.4, 0.5) is 0 Å². The molecule has 162 valence electrons. The number of benzene rings is 1. The van der Waals surface area contributed by atoms with Crippen molar-refractivity contribution < 1.29 is 14.3 Å². The molecule has 0 spiro atoms. The molecule has 8 heteroatoms. The third-order valence-corrected chi connectivity index (χ3v) is 6.82. The zero-order chi connectivity index (χ0) is 21.5. The van der Waals surface area contributed by atoms with Crippen LogP contribution in [0.2, 0.25) is 0 Å². The molecule has 2 aliphatic rings. The minimum Gasteiger partial charge on any atom is -0.486 e. The first-order chi connectivity index (χ1) is 15.1. The van der Waals surface area contributed by atoms with Crippen molar-refractivity contribution >= 4 is 17.5 Å². The van der Waals surface area contributed by atoms with Crippen molar-refractivity contribution in [1.29, 1.82) is 0 Å². The fraction of sp³-hybridized carbons (Fsp3) is 0.435. The number of ether oxygens (including phenoxy) is 2. The van der Waals surface area contributed by atoms with Crippen LogP contribution < -0.4 is 9.47 Å². The van der Waals surface area contributed by atoms with Gasteiger partial charge in [-0.25, -0.2) is 0 Å². The zero-order valence-electron chi connectivity index (χ0n) is 18.1. The highest BCUT2D eigenvalue weighted by atomic mass is 32.2. The molecular weight excluding hydrogens is 412 g/mol. The molecule has 0 radical (unpaired) electrons. The van der Waals surface area contributed by atoms with Crippen LogP contribution in [0, 0.1) is 13.8 Å². The van der Waals surface area contributed by atoms with Crippen molar-refractivity contribution in [2.24, 2.45) is 0 Å². The minimum absolute atomic E-state index is 0.0977. The number of nitrogens with zero attached hydrogens (tertiary/aromatic N) is 4. The molecule has 3 heterocycles.